The predicted molar refractivity (Wildman–Crippen MR) is 80.3 cm³/mol. The number of nitrogens with two attached hydrogens (primary N) is 1. The van der Waals surface area contributed by atoms with E-state index in [0.717, 1.165) is 0 Å². The molecule has 1 aromatic heterocycles. The summed E-state index contributed by atoms with van der Waals surface area (Å²) in [5, 5.41) is 20.2. The largest absolute Gasteiger partial charge is 0.388 e. The van der Waals surface area contributed by atoms with Crippen molar-refractivity contribution in [3.8, 4) is 0 Å². The van der Waals surface area contributed by atoms with Crippen molar-refractivity contribution in [3.63, 3.8) is 0 Å². The topological polar surface area (TPSA) is 115 Å². The van der Waals surface area contributed by atoms with Crippen LogP contribution in [0.4, 0.5) is 11.8 Å². The van der Waals surface area contributed by atoms with Gasteiger partial charge in [0.25, 0.3) is 0 Å². The highest BCUT2D eigenvalue weighted by molar-refractivity contribution is 6.31. The highest BCUT2D eigenvalue weighted by atomic mass is 35.5. The number of halogens is 1. The van der Waals surface area contributed by atoms with E-state index in [1.807, 2.05) is 20.8 Å². The Bertz CT molecular complexity index is 447. The van der Waals surface area contributed by atoms with Crippen LogP contribution < -0.4 is 11.1 Å². The summed E-state index contributed by atoms with van der Waals surface area (Å²) < 4.78 is 10.6. The number of aliphatic hydroxyl groups is 1. The monoisotopic (exact) mass is 319 g/mol. The van der Waals surface area contributed by atoms with Crippen LogP contribution in [0.5, 0.6) is 0 Å². The number of hydrogen-bond donors (Lipinski definition) is 3. The van der Waals surface area contributed by atoms with Gasteiger partial charge in [-0.15, -0.1) is 10.2 Å². The van der Waals surface area contributed by atoms with Gasteiger partial charge in [-0.2, -0.15) is 4.98 Å². The van der Waals surface area contributed by atoms with Gasteiger partial charge in [0.15, 0.2) is 11.0 Å². The molecule has 0 saturated carbocycles. The molecule has 21 heavy (non-hydrogen) atoms. The average Bonchev–Trinajstić information content (AvgIpc) is 2.40. The molecule has 0 aromatic carbocycles. The summed E-state index contributed by atoms with van der Waals surface area (Å²) in [6.07, 6.45) is -0.648. The summed E-state index contributed by atoms with van der Waals surface area (Å²) in [5.41, 5.74) is 5.10. The molecule has 0 amide bonds. The smallest absolute Gasteiger partial charge is 0.245 e. The van der Waals surface area contributed by atoms with E-state index in [-0.39, 0.29) is 30.1 Å². The lowest BCUT2D eigenvalue weighted by Crippen LogP contribution is -2.38. The highest BCUT2D eigenvalue weighted by Crippen LogP contribution is 2.15. The van der Waals surface area contributed by atoms with Crippen molar-refractivity contribution < 1.29 is 14.6 Å². The van der Waals surface area contributed by atoms with E-state index in [1.54, 1.807) is 0 Å². The summed E-state index contributed by atoms with van der Waals surface area (Å²) in [6.45, 7) is 7.01. The molecule has 120 valence electrons. The molecule has 8 nitrogen and oxygen atoms in total. The molecule has 1 heterocycles. The van der Waals surface area contributed by atoms with Gasteiger partial charge < -0.3 is 25.6 Å². The van der Waals surface area contributed by atoms with Crippen LogP contribution in [0.15, 0.2) is 0 Å². The minimum atomic E-state index is -0.648. The highest BCUT2D eigenvalue weighted by Gasteiger charge is 2.20. The zero-order chi connectivity index (χ0) is 15.9. The maximum Gasteiger partial charge on any atom is 0.245 e. The van der Waals surface area contributed by atoms with Crippen LogP contribution in [0.25, 0.3) is 0 Å². The van der Waals surface area contributed by atoms with Crippen molar-refractivity contribution >= 4 is 23.4 Å². The van der Waals surface area contributed by atoms with Gasteiger partial charge in [0.05, 0.1) is 25.4 Å². The second-order valence-corrected chi connectivity index (χ2v) is 5.51. The molecule has 1 rings (SSSR count). The second kappa shape index (κ2) is 8.28. The Morgan fingerprint density at radius 3 is 2.62 bits per heavy atom. The van der Waals surface area contributed by atoms with E-state index in [2.05, 4.69) is 20.5 Å². The van der Waals surface area contributed by atoms with Crippen molar-refractivity contribution in [2.45, 2.75) is 32.4 Å². The third-order valence-corrected chi connectivity index (χ3v) is 2.68. The van der Waals surface area contributed by atoms with Gasteiger partial charge in [0.2, 0.25) is 5.95 Å². The fourth-order valence-electron chi connectivity index (χ4n) is 1.47. The Morgan fingerprint density at radius 1 is 1.33 bits per heavy atom. The third-order valence-electron chi connectivity index (χ3n) is 2.41. The molecule has 0 spiro atoms. The lowest BCUT2D eigenvalue weighted by molar-refractivity contribution is -0.0226. The standard InChI is InChI=1S/C12H22ClN5O3/c1-4-20-5-8(19)6-21-7-12(2,3)16-11-15-10(14)9(13)17-18-11/h8,19H,4-7H2,1-3H3,(H3,14,15,16,18)/t8-/m1/s1. The molecule has 0 bridgehead atoms. The van der Waals surface area contributed by atoms with E-state index in [4.69, 9.17) is 26.8 Å². The first-order valence-electron chi connectivity index (χ1n) is 6.61. The van der Waals surface area contributed by atoms with Gasteiger partial charge >= 0.3 is 0 Å². The average molecular weight is 320 g/mol. The van der Waals surface area contributed by atoms with E-state index >= 15 is 0 Å². The summed E-state index contributed by atoms with van der Waals surface area (Å²) in [7, 11) is 0. The van der Waals surface area contributed by atoms with Gasteiger partial charge in [-0.25, -0.2) is 0 Å². The van der Waals surface area contributed by atoms with Crippen LogP contribution in [0, 0.1) is 0 Å². The van der Waals surface area contributed by atoms with Gasteiger partial charge in [0, 0.05) is 6.61 Å². The van der Waals surface area contributed by atoms with E-state index in [0.29, 0.717) is 13.2 Å². The second-order valence-electron chi connectivity index (χ2n) is 5.15. The molecule has 9 heteroatoms. The van der Waals surface area contributed by atoms with E-state index in [9.17, 15) is 5.11 Å². The number of aromatic nitrogens is 3. The molecule has 0 aliphatic heterocycles. The predicted octanol–water partition coefficient (Wildman–Crippen LogP) is 0.712. The summed E-state index contributed by atoms with van der Waals surface area (Å²) in [5.74, 6) is 0.374. The Kier molecular flexibility index (Phi) is 7.03. The molecule has 1 aromatic rings. The Morgan fingerprint density at radius 2 is 2.00 bits per heavy atom. The number of hydrogen-bond acceptors (Lipinski definition) is 8. The SMILES string of the molecule is CCOC[C@@H](O)COCC(C)(C)Nc1nnc(Cl)c(N)n1. The van der Waals surface area contributed by atoms with Crippen LogP contribution in [0.3, 0.4) is 0 Å². The summed E-state index contributed by atoms with van der Waals surface area (Å²) in [6, 6.07) is 0. The van der Waals surface area contributed by atoms with Crippen LogP contribution in [0.1, 0.15) is 20.8 Å². The fraction of sp³-hybridized carbons (Fsp3) is 0.750. The first kappa shape index (κ1) is 17.8. The number of ether oxygens (including phenoxy) is 2. The van der Waals surface area contributed by atoms with Crippen LogP contribution in [-0.4, -0.2) is 58.4 Å². The number of nitrogens with one attached hydrogen (secondary N) is 1. The van der Waals surface area contributed by atoms with Gasteiger partial charge in [0.1, 0.15) is 6.10 Å². The molecule has 0 aliphatic carbocycles. The molecule has 0 aliphatic rings. The normalized spacial score (nSPS) is 13.2. The fourth-order valence-corrected chi connectivity index (χ4v) is 1.55. The summed E-state index contributed by atoms with van der Waals surface area (Å²) >= 11 is 5.66. The zero-order valence-electron chi connectivity index (χ0n) is 12.5. The number of rotatable bonds is 9. The molecule has 0 saturated heterocycles. The quantitative estimate of drug-likeness (QED) is 0.609. The number of nitrogen functional groups attached to an aromatic ring is 1. The van der Waals surface area contributed by atoms with Crippen molar-refractivity contribution in [2.24, 2.45) is 0 Å². The van der Waals surface area contributed by atoms with E-state index in [1.165, 1.54) is 0 Å². The molecular weight excluding hydrogens is 298 g/mol. The minimum Gasteiger partial charge on any atom is -0.388 e. The summed E-state index contributed by atoms with van der Waals surface area (Å²) in [4.78, 5) is 3.98. The van der Waals surface area contributed by atoms with Crippen molar-refractivity contribution in [1.29, 1.82) is 0 Å². The van der Waals surface area contributed by atoms with Crippen molar-refractivity contribution in [2.75, 3.05) is 37.5 Å². The maximum absolute atomic E-state index is 9.60. The van der Waals surface area contributed by atoms with Gasteiger partial charge in [-0.3, -0.25) is 0 Å². The van der Waals surface area contributed by atoms with Crippen molar-refractivity contribution in [1.82, 2.24) is 15.2 Å². The molecule has 4 N–H and O–H groups in total. The molecule has 0 fully saturated rings. The van der Waals surface area contributed by atoms with Crippen molar-refractivity contribution in [3.05, 3.63) is 5.15 Å². The lowest BCUT2D eigenvalue weighted by Gasteiger charge is -2.26. The first-order chi connectivity index (χ1) is 9.84. The molecule has 0 unspecified atom stereocenters. The minimum absolute atomic E-state index is 0.0636. The Labute approximate surface area is 129 Å². The number of anilines is 2. The van der Waals surface area contributed by atoms with Gasteiger partial charge in [-0.05, 0) is 20.8 Å². The first-order valence-corrected chi connectivity index (χ1v) is 6.99. The van der Waals surface area contributed by atoms with Gasteiger partial charge in [-0.1, -0.05) is 11.6 Å². The zero-order valence-corrected chi connectivity index (χ0v) is 13.2. The molecule has 1 atom stereocenters. The van der Waals surface area contributed by atoms with E-state index < -0.39 is 11.6 Å². The molecule has 0 radical (unpaired) electrons. The number of nitrogens with zero attached hydrogens (tertiary/aromatic N) is 3. The van der Waals surface area contributed by atoms with Crippen LogP contribution >= 0.6 is 11.6 Å². The van der Waals surface area contributed by atoms with Crippen LogP contribution in [0.2, 0.25) is 5.15 Å². The lowest BCUT2D eigenvalue weighted by atomic mass is 10.1. The molecular formula is C12H22ClN5O3. The third kappa shape index (κ3) is 6.85. The number of aliphatic hydroxyl groups excluding tert-OH is 1. The maximum atomic E-state index is 9.60. The van der Waals surface area contributed by atoms with Crippen LogP contribution in [-0.2, 0) is 9.47 Å². The Hall–Kier alpha value is -1.22. The Balaban J connectivity index is 2.40.